The van der Waals surface area contributed by atoms with Gasteiger partial charge in [0.15, 0.2) is 0 Å². The van der Waals surface area contributed by atoms with Gasteiger partial charge in [-0.3, -0.25) is 9.69 Å². The largest absolute Gasteiger partial charge is 0.445 e. The van der Waals surface area contributed by atoms with E-state index in [-0.39, 0.29) is 18.9 Å². The van der Waals surface area contributed by atoms with E-state index in [2.05, 4.69) is 0 Å². The van der Waals surface area contributed by atoms with Crippen LogP contribution in [0.3, 0.4) is 0 Å². The molecule has 0 spiro atoms. The molecule has 0 unspecified atom stereocenters. The van der Waals surface area contributed by atoms with Gasteiger partial charge in [-0.25, -0.2) is 4.79 Å². The maximum Gasteiger partial charge on any atom is 0.410 e. The van der Waals surface area contributed by atoms with Crippen LogP contribution in [0.25, 0.3) is 0 Å². The van der Waals surface area contributed by atoms with Crippen molar-refractivity contribution in [2.45, 2.75) is 39.8 Å². The van der Waals surface area contributed by atoms with Crippen molar-refractivity contribution in [3.63, 3.8) is 0 Å². The Bertz CT molecular complexity index is 434. The molecule has 19 heavy (non-hydrogen) atoms. The Hall–Kier alpha value is -1.84. The molecule has 4 nitrogen and oxygen atoms in total. The van der Waals surface area contributed by atoms with Crippen LogP contribution in [0.5, 0.6) is 0 Å². The van der Waals surface area contributed by atoms with Crippen molar-refractivity contribution in [1.82, 2.24) is 4.90 Å². The molecule has 104 valence electrons. The number of carbonyl (C=O) groups is 2. The predicted molar refractivity (Wildman–Crippen MR) is 73.8 cm³/mol. The molecule has 1 amide bonds. The quantitative estimate of drug-likeness (QED) is 0.839. The van der Waals surface area contributed by atoms with Crippen LogP contribution in [-0.2, 0) is 16.1 Å². The lowest BCUT2D eigenvalue weighted by molar-refractivity contribution is -0.119. The molecule has 0 atom stereocenters. The fourth-order valence-corrected chi connectivity index (χ4v) is 1.60. The Kier molecular flexibility index (Phi) is 5.10. The highest BCUT2D eigenvalue weighted by atomic mass is 16.6. The molecule has 1 aromatic carbocycles. The highest BCUT2D eigenvalue weighted by Crippen LogP contribution is 2.15. The van der Waals surface area contributed by atoms with E-state index in [4.69, 9.17) is 4.74 Å². The second kappa shape index (κ2) is 6.36. The summed E-state index contributed by atoms with van der Waals surface area (Å²) in [7, 11) is 0. The highest BCUT2D eigenvalue weighted by molar-refractivity contribution is 5.82. The lowest BCUT2D eigenvalue weighted by Gasteiger charge is -2.33. The van der Waals surface area contributed by atoms with Gasteiger partial charge in [-0.15, -0.1) is 0 Å². The molecule has 1 aromatic rings. The van der Waals surface area contributed by atoms with Gasteiger partial charge >= 0.3 is 6.09 Å². The number of hydrogen-bond donors (Lipinski definition) is 0. The second-order valence-electron chi connectivity index (χ2n) is 5.50. The van der Waals surface area contributed by atoms with Gasteiger partial charge in [-0.1, -0.05) is 30.3 Å². The molecule has 0 radical (unpaired) electrons. The van der Waals surface area contributed by atoms with E-state index < -0.39 is 11.6 Å². The van der Waals surface area contributed by atoms with Crippen LogP contribution in [0.2, 0.25) is 0 Å². The zero-order chi connectivity index (χ0) is 14.5. The lowest BCUT2D eigenvalue weighted by atomic mass is 10.1. The number of nitrogens with zero attached hydrogens (tertiary/aromatic N) is 1. The van der Waals surface area contributed by atoms with Gasteiger partial charge in [0, 0.05) is 5.54 Å². The number of ketones is 1. The van der Waals surface area contributed by atoms with Gasteiger partial charge in [0.25, 0.3) is 0 Å². The standard InChI is InChI=1S/C15H21NO3/c1-12(17)10-16(15(2,3)4)14(18)19-11-13-8-6-5-7-9-13/h5-9H,10-11H2,1-4H3. The maximum absolute atomic E-state index is 12.1. The average molecular weight is 263 g/mol. The number of rotatable bonds is 4. The summed E-state index contributed by atoms with van der Waals surface area (Å²) in [5.41, 5.74) is 0.479. The van der Waals surface area contributed by atoms with Crippen molar-refractivity contribution in [2.24, 2.45) is 0 Å². The smallest absolute Gasteiger partial charge is 0.410 e. The van der Waals surface area contributed by atoms with Gasteiger partial charge < -0.3 is 4.74 Å². The van der Waals surface area contributed by atoms with Crippen LogP contribution >= 0.6 is 0 Å². The molecule has 0 saturated heterocycles. The van der Waals surface area contributed by atoms with Gasteiger partial charge in [0.05, 0.1) is 6.54 Å². The molecule has 0 aliphatic rings. The summed E-state index contributed by atoms with van der Waals surface area (Å²) in [4.78, 5) is 24.7. The van der Waals surface area contributed by atoms with Crippen LogP contribution in [-0.4, -0.2) is 28.9 Å². The first-order valence-electron chi connectivity index (χ1n) is 6.28. The van der Waals surface area contributed by atoms with Crippen molar-refractivity contribution in [3.8, 4) is 0 Å². The normalized spacial score (nSPS) is 10.9. The van der Waals surface area contributed by atoms with E-state index in [9.17, 15) is 9.59 Å². The molecule has 4 heteroatoms. The van der Waals surface area contributed by atoms with E-state index in [0.717, 1.165) is 5.56 Å². The molecule has 0 aliphatic heterocycles. The van der Waals surface area contributed by atoms with Crippen molar-refractivity contribution in [1.29, 1.82) is 0 Å². The molecule has 0 heterocycles. The van der Waals surface area contributed by atoms with E-state index >= 15 is 0 Å². The topological polar surface area (TPSA) is 46.6 Å². The minimum Gasteiger partial charge on any atom is -0.445 e. The number of amides is 1. The Labute approximate surface area is 114 Å². The molecule has 0 aliphatic carbocycles. The zero-order valence-electron chi connectivity index (χ0n) is 12.0. The average Bonchev–Trinajstić information content (AvgIpc) is 2.33. The SMILES string of the molecule is CC(=O)CN(C(=O)OCc1ccccc1)C(C)(C)C. The van der Waals surface area contributed by atoms with Gasteiger partial charge in [0.1, 0.15) is 12.4 Å². The third-order valence-electron chi connectivity index (χ3n) is 2.62. The summed E-state index contributed by atoms with van der Waals surface area (Å²) < 4.78 is 5.25. The minimum atomic E-state index is -0.466. The van der Waals surface area contributed by atoms with E-state index in [1.165, 1.54) is 11.8 Å². The summed E-state index contributed by atoms with van der Waals surface area (Å²) in [6.45, 7) is 7.36. The molecule has 0 N–H and O–H groups in total. The van der Waals surface area contributed by atoms with Crippen LogP contribution in [0.15, 0.2) is 30.3 Å². The summed E-state index contributed by atoms with van der Waals surface area (Å²) in [5, 5.41) is 0. The van der Waals surface area contributed by atoms with Crippen LogP contribution in [0.4, 0.5) is 4.79 Å². The van der Waals surface area contributed by atoms with E-state index in [1.807, 2.05) is 51.1 Å². The van der Waals surface area contributed by atoms with E-state index in [0.29, 0.717) is 0 Å². The van der Waals surface area contributed by atoms with Gasteiger partial charge in [-0.2, -0.15) is 0 Å². The molecule has 0 fully saturated rings. The number of ether oxygens (including phenoxy) is 1. The Balaban J connectivity index is 2.65. The fraction of sp³-hybridized carbons (Fsp3) is 0.467. The lowest BCUT2D eigenvalue weighted by Crippen LogP contribution is -2.48. The minimum absolute atomic E-state index is 0.0633. The van der Waals surface area contributed by atoms with Crippen LogP contribution in [0, 0.1) is 0 Å². The Morgan fingerprint density at radius 1 is 1.16 bits per heavy atom. The summed E-state index contributed by atoms with van der Waals surface area (Å²) >= 11 is 0. The van der Waals surface area contributed by atoms with Crippen LogP contribution < -0.4 is 0 Å². The summed E-state index contributed by atoms with van der Waals surface area (Å²) in [5.74, 6) is -0.0633. The first kappa shape index (κ1) is 15.2. The predicted octanol–water partition coefficient (Wildman–Crippen LogP) is 3.01. The molecule has 1 rings (SSSR count). The number of hydrogen-bond acceptors (Lipinski definition) is 3. The van der Waals surface area contributed by atoms with E-state index in [1.54, 1.807) is 0 Å². The fourth-order valence-electron chi connectivity index (χ4n) is 1.60. The molecular formula is C15H21NO3. The summed E-state index contributed by atoms with van der Waals surface area (Å²) in [6.07, 6.45) is -0.466. The maximum atomic E-state index is 12.1. The molecular weight excluding hydrogens is 242 g/mol. The molecule has 0 saturated carbocycles. The third-order valence-corrected chi connectivity index (χ3v) is 2.62. The zero-order valence-corrected chi connectivity index (χ0v) is 12.0. The van der Waals surface area contributed by atoms with Crippen molar-refractivity contribution in [3.05, 3.63) is 35.9 Å². The number of benzene rings is 1. The third kappa shape index (κ3) is 5.12. The van der Waals surface area contributed by atoms with Crippen molar-refractivity contribution >= 4 is 11.9 Å². The highest BCUT2D eigenvalue weighted by Gasteiger charge is 2.28. The van der Waals surface area contributed by atoms with Crippen molar-refractivity contribution in [2.75, 3.05) is 6.54 Å². The number of Topliss-reactive ketones (excluding diaryl/α,β-unsaturated/α-hetero) is 1. The monoisotopic (exact) mass is 263 g/mol. The molecule has 0 aromatic heterocycles. The first-order chi connectivity index (χ1) is 8.80. The second-order valence-corrected chi connectivity index (χ2v) is 5.50. The van der Waals surface area contributed by atoms with Gasteiger partial charge in [0.2, 0.25) is 0 Å². The molecule has 0 bridgehead atoms. The van der Waals surface area contributed by atoms with Crippen molar-refractivity contribution < 1.29 is 14.3 Å². The Morgan fingerprint density at radius 2 is 1.74 bits per heavy atom. The summed E-state index contributed by atoms with van der Waals surface area (Å²) in [6, 6.07) is 9.46. The van der Waals surface area contributed by atoms with Crippen LogP contribution in [0.1, 0.15) is 33.3 Å². The first-order valence-corrected chi connectivity index (χ1v) is 6.28. The van der Waals surface area contributed by atoms with Gasteiger partial charge in [-0.05, 0) is 33.3 Å². The number of carbonyl (C=O) groups excluding carboxylic acids is 2. The Morgan fingerprint density at radius 3 is 2.21 bits per heavy atom.